The number of amides is 1. The third kappa shape index (κ3) is 6.65. The SMILES string of the molecule is CS(=O)(=O)N1CCCN(CC(=O)NCCC(c2ccccc2)c2ccccc2)CC1. The number of rotatable bonds is 8. The second kappa shape index (κ2) is 10.7. The van der Waals surface area contributed by atoms with Gasteiger partial charge < -0.3 is 5.32 Å². The Morgan fingerprint density at radius 1 is 0.933 bits per heavy atom. The highest BCUT2D eigenvalue weighted by Gasteiger charge is 2.22. The first-order chi connectivity index (χ1) is 14.4. The number of nitrogens with one attached hydrogen (secondary N) is 1. The van der Waals surface area contributed by atoms with Crippen molar-refractivity contribution in [3.63, 3.8) is 0 Å². The second-order valence-corrected chi connectivity index (χ2v) is 9.79. The van der Waals surface area contributed by atoms with E-state index >= 15 is 0 Å². The Hall–Kier alpha value is -2.22. The van der Waals surface area contributed by atoms with E-state index in [2.05, 4.69) is 29.6 Å². The first kappa shape index (κ1) is 22.5. The summed E-state index contributed by atoms with van der Waals surface area (Å²) in [4.78, 5) is 14.5. The Morgan fingerprint density at radius 2 is 1.53 bits per heavy atom. The number of carbonyl (C=O) groups is 1. The van der Waals surface area contributed by atoms with Gasteiger partial charge in [-0.3, -0.25) is 9.69 Å². The molecule has 0 radical (unpaired) electrons. The zero-order chi connectivity index (χ0) is 21.4. The molecular weight excluding hydrogens is 398 g/mol. The van der Waals surface area contributed by atoms with Gasteiger partial charge >= 0.3 is 0 Å². The van der Waals surface area contributed by atoms with E-state index in [4.69, 9.17) is 0 Å². The summed E-state index contributed by atoms with van der Waals surface area (Å²) in [5.74, 6) is 0.219. The highest BCUT2D eigenvalue weighted by Crippen LogP contribution is 2.27. The van der Waals surface area contributed by atoms with Gasteiger partial charge in [-0.25, -0.2) is 12.7 Å². The first-order valence-corrected chi connectivity index (χ1v) is 12.3. The molecule has 1 amide bonds. The van der Waals surface area contributed by atoms with Crippen LogP contribution >= 0.6 is 0 Å². The van der Waals surface area contributed by atoms with E-state index in [0.29, 0.717) is 32.7 Å². The predicted molar refractivity (Wildman–Crippen MR) is 120 cm³/mol. The smallest absolute Gasteiger partial charge is 0.234 e. The Bertz CT molecular complexity index is 864. The van der Waals surface area contributed by atoms with Crippen LogP contribution in [0.5, 0.6) is 0 Å². The average molecular weight is 430 g/mol. The molecule has 162 valence electrons. The molecule has 1 aliphatic heterocycles. The van der Waals surface area contributed by atoms with Gasteiger partial charge in [0.1, 0.15) is 0 Å². The molecule has 0 unspecified atom stereocenters. The van der Waals surface area contributed by atoms with Crippen LogP contribution in [0.1, 0.15) is 29.9 Å². The lowest BCUT2D eigenvalue weighted by Gasteiger charge is -2.21. The molecule has 30 heavy (non-hydrogen) atoms. The lowest BCUT2D eigenvalue weighted by atomic mass is 9.88. The number of hydrogen-bond donors (Lipinski definition) is 1. The van der Waals surface area contributed by atoms with Crippen molar-refractivity contribution in [1.82, 2.24) is 14.5 Å². The highest BCUT2D eigenvalue weighted by atomic mass is 32.2. The third-order valence-electron chi connectivity index (χ3n) is 5.54. The third-order valence-corrected chi connectivity index (χ3v) is 6.85. The minimum Gasteiger partial charge on any atom is -0.355 e. The maximum atomic E-state index is 12.5. The highest BCUT2D eigenvalue weighted by molar-refractivity contribution is 7.88. The second-order valence-electron chi connectivity index (χ2n) is 7.80. The van der Waals surface area contributed by atoms with Crippen LogP contribution in [0.25, 0.3) is 0 Å². The van der Waals surface area contributed by atoms with Gasteiger partial charge in [0.15, 0.2) is 0 Å². The van der Waals surface area contributed by atoms with Crippen molar-refractivity contribution in [2.24, 2.45) is 0 Å². The van der Waals surface area contributed by atoms with Crippen molar-refractivity contribution >= 4 is 15.9 Å². The fourth-order valence-electron chi connectivity index (χ4n) is 3.95. The van der Waals surface area contributed by atoms with Gasteiger partial charge in [0.05, 0.1) is 12.8 Å². The molecule has 3 rings (SSSR count). The van der Waals surface area contributed by atoms with Crippen LogP contribution in [0, 0.1) is 0 Å². The van der Waals surface area contributed by atoms with Crippen LogP contribution in [-0.2, 0) is 14.8 Å². The average Bonchev–Trinajstić information content (AvgIpc) is 2.98. The van der Waals surface area contributed by atoms with Crippen LogP contribution < -0.4 is 5.32 Å². The molecule has 0 atom stereocenters. The van der Waals surface area contributed by atoms with Crippen molar-refractivity contribution < 1.29 is 13.2 Å². The van der Waals surface area contributed by atoms with Gasteiger partial charge in [0.2, 0.25) is 15.9 Å². The minimum absolute atomic E-state index is 0.0114. The summed E-state index contributed by atoms with van der Waals surface area (Å²) in [7, 11) is -3.17. The van der Waals surface area contributed by atoms with Crippen LogP contribution in [0.3, 0.4) is 0 Å². The van der Waals surface area contributed by atoms with Gasteiger partial charge in [0, 0.05) is 32.1 Å². The van der Waals surface area contributed by atoms with E-state index in [0.717, 1.165) is 19.4 Å². The fraction of sp³-hybridized carbons (Fsp3) is 0.435. The topological polar surface area (TPSA) is 69.7 Å². The van der Waals surface area contributed by atoms with E-state index in [1.165, 1.54) is 21.7 Å². The molecule has 6 nitrogen and oxygen atoms in total. The van der Waals surface area contributed by atoms with E-state index in [1.54, 1.807) is 0 Å². The Kier molecular flexibility index (Phi) is 8.01. The molecule has 2 aromatic rings. The number of sulfonamides is 1. The van der Waals surface area contributed by atoms with Crippen molar-refractivity contribution in [3.8, 4) is 0 Å². The monoisotopic (exact) mass is 429 g/mol. The molecule has 0 spiro atoms. The van der Waals surface area contributed by atoms with Crippen molar-refractivity contribution in [2.75, 3.05) is 45.5 Å². The van der Waals surface area contributed by atoms with Crippen LogP contribution in [0.2, 0.25) is 0 Å². The van der Waals surface area contributed by atoms with Gasteiger partial charge in [0.25, 0.3) is 0 Å². The molecule has 0 aromatic heterocycles. The number of hydrogen-bond acceptors (Lipinski definition) is 4. The number of carbonyl (C=O) groups excluding carboxylic acids is 1. The van der Waals surface area contributed by atoms with Crippen molar-refractivity contribution in [3.05, 3.63) is 71.8 Å². The summed E-state index contributed by atoms with van der Waals surface area (Å²) < 4.78 is 25.0. The van der Waals surface area contributed by atoms with Crippen LogP contribution in [-0.4, -0.2) is 69.1 Å². The molecule has 2 aromatic carbocycles. The van der Waals surface area contributed by atoms with E-state index < -0.39 is 10.0 Å². The molecule has 1 fully saturated rings. The molecule has 0 bridgehead atoms. The zero-order valence-corrected chi connectivity index (χ0v) is 18.4. The summed E-state index contributed by atoms with van der Waals surface area (Å²) in [5.41, 5.74) is 2.48. The molecule has 0 aliphatic carbocycles. The predicted octanol–water partition coefficient (Wildman–Crippen LogP) is 2.29. The van der Waals surface area contributed by atoms with E-state index in [-0.39, 0.29) is 11.8 Å². The molecule has 1 heterocycles. The first-order valence-electron chi connectivity index (χ1n) is 10.5. The van der Waals surface area contributed by atoms with E-state index in [9.17, 15) is 13.2 Å². The molecule has 0 saturated carbocycles. The largest absolute Gasteiger partial charge is 0.355 e. The van der Waals surface area contributed by atoms with Crippen LogP contribution in [0.4, 0.5) is 0 Å². The fourth-order valence-corrected chi connectivity index (χ4v) is 4.82. The van der Waals surface area contributed by atoms with Crippen molar-refractivity contribution in [1.29, 1.82) is 0 Å². The van der Waals surface area contributed by atoms with Crippen molar-refractivity contribution in [2.45, 2.75) is 18.8 Å². The Morgan fingerprint density at radius 3 is 2.10 bits per heavy atom. The summed E-state index contributed by atoms with van der Waals surface area (Å²) in [6.45, 7) is 3.17. The van der Waals surface area contributed by atoms with Gasteiger partial charge in [-0.15, -0.1) is 0 Å². The minimum atomic E-state index is -3.17. The Balaban J connectivity index is 1.51. The number of nitrogens with zero attached hydrogens (tertiary/aromatic N) is 2. The van der Waals surface area contributed by atoms with E-state index in [1.807, 2.05) is 41.3 Å². The van der Waals surface area contributed by atoms with Gasteiger partial charge in [-0.2, -0.15) is 0 Å². The quantitative estimate of drug-likeness (QED) is 0.699. The lowest BCUT2D eigenvalue weighted by Crippen LogP contribution is -2.40. The normalized spacial score (nSPS) is 16.3. The molecule has 1 saturated heterocycles. The van der Waals surface area contributed by atoms with Crippen LogP contribution in [0.15, 0.2) is 60.7 Å². The maximum absolute atomic E-state index is 12.5. The summed E-state index contributed by atoms with van der Waals surface area (Å²) >= 11 is 0. The summed E-state index contributed by atoms with van der Waals surface area (Å²) in [6.07, 6.45) is 2.80. The Labute approximate surface area is 179 Å². The standard InChI is InChI=1S/C23H31N3O3S/c1-30(28,29)26-16-8-15-25(17-18-26)19-23(27)24-14-13-22(20-9-4-2-5-10-20)21-11-6-3-7-12-21/h2-7,9-12,22H,8,13-19H2,1H3,(H,24,27). The maximum Gasteiger partial charge on any atom is 0.234 e. The summed E-state index contributed by atoms with van der Waals surface area (Å²) in [6, 6.07) is 20.7. The molecular formula is C23H31N3O3S. The van der Waals surface area contributed by atoms with Gasteiger partial charge in [-0.05, 0) is 30.5 Å². The molecule has 7 heteroatoms. The van der Waals surface area contributed by atoms with Gasteiger partial charge in [-0.1, -0.05) is 60.7 Å². The summed E-state index contributed by atoms with van der Waals surface area (Å²) in [5, 5.41) is 3.05. The zero-order valence-electron chi connectivity index (χ0n) is 17.5. The molecule has 1 aliphatic rings. The molecule has 1 N–H and O–H groups in total. The number of benzene rings is 2. The lowest BCUT2D eigenvalue weighted by molar-refractivity contribution is -0.122.